The Morgan fingerprint density at radius 2 is 1.73 bits per heavy atom. The Hall–Kier alpha value is -2.59. The summed E-state index contributed by atoms with van der Waals surface area (Å²) in [6.07, 6.45) is 8.41. The smallest absolute Gasteiger partial charge is 0.306 e. The van der Waals surface area contributed by atoms with Gasteiger partial charge in [0.05, 0.1) is 18.4 Å². The highest BCUT2D eigenvalue weighted by molar-refractivity contribution is 5.92. The maximum absolute atomic E-state index is 13.5. The fourth-order valence-corrected chi connectivity index (χ4v) is 10.0. The normalized spacial score (nSPS) is 37.7. The van der Waals surface area contributed by atoms with Gasteiger partial charge >= 0.3 is 11.9 Å². The van der Waals surface area contributed by atoms with Crippen molar-refractivity contribution in [2.45, 2.75) is 128 Å². The number of aliphatic hydroxyl groups is 1. The van der Waals surface area contributed by atoms with Gasteiger partial charge in [-0.1, -0.05) is 19.4 Å². The van der Waals surface area contributed by atoms with Crippen LogP contribution in [-0.4, -0.2) is 70.1 Å². The first-order chi connectivity index (χ1) is 21.1. The summed E-state index contributed by atoms with van der Waals surface area (Å²) >= 11 is 0. The van der Waals surface area contributed by atoms with E-state index in [9.17, 15) is 34.2 Å². The predicted molar refractivity (Wildman–Crippen MR) is 164 cm³/mol. The van der Waals surface area contributed by atoms with E-state index in [1.54, 1.807) is 0 Å². The first kappa shape index (κ1) is 33.8. The molecule has 4 fully saturated rings. The van der Waals surface area contributed by atoms with Crippen LogP contribution in [0.2, 0.25) is 0 Å². The quantitative estimate of drug-likeness (QED) is 0.300. The molecule has 8 atom stereocenters. The van der Waals surface area contributed by atoms with Crippen LogP contribution in [0.4, 0.5) is 0 Å². The predicted octanol–water partition coefficient (Wildman–Crippen LogP) is 4.31. The van der Waals surface area contributed by atoms with Gasteiger partial charge in [0.1, 0.15) is 5.60 Å². The molecule has 250 valence electrons. The number of esters is 1. The zero-order valence-corrected chi connectivity index (χ0v) is 27.3. The molecule has 0 bridgehead atoms. The van der Waals surface area contributed by atoms with Gasteiger partial charge in [-0.3, -0.25) is 24.0 Å². The number of ketones is 2. The largest absolute Gasteiger partial charge is 0.481 e. The molecule has 0 spiro atoms. The lowest BCUT2D eigenvalue weighted by atomic mass is 9.46. The Labute approximate surface area is 266 Å². The van der Waals surface area contributed by atoms with Crippen LogP contribution in [0.15, 0.2) is 11.6 Å². The molecule has 4 aliphatic carbocycles. The highest BCUT2D eigenvalue weighted by Gasteiger charge is 2.66. The Balaban J connectivity index is 1.13. The molecule has 1 aliphatic heterocycles. The Morgan fingerprint density at radius 3 is 2.44 bits per heavy atom. The summed E-state index contributed by atoms with van der Waals surface area (Å²) in [5, 5.41) is 24.1. The molecule has 0 aromatic rings. The molecule has 1 saturated heterocycles. The minimum Gasteiger partial charge on any atom is -0.481 e. The summed E-state index contributed by atoms with van der Waals surface area (Å²) in [5.41, 5.74) is -1.33. The lowest BCUT2D eigenvalue weighted by Gasteiger charge is -2.58. The number of aliphatic carboxylic acids is 1. The van der Waals surface area contributed by atoms with E-state index in [4.69, 9.17) is 9.47 Å². The molecule has 0 aromatic heterocycles. The van der Waals surface area contributed by atoms with Crippen molar-refractivity contribution in [1.29, 1.82) is 0 Å². The maximum Gasteiger partial charge on any atom is 0.306 e. The maximum atomic E-state index is 13.5. The number of carbonyl (C=O) groups is 5. The van der Waals surface area contributed by atoms with Crippen LogP contribution in [0.25, 0.3) is 0 Å². The number of hydrogen-bond donors (Lipinski definition) is 3. The molecule has 8 unspecified atom stereocenters. The van der Waals surface area contributed by atoms with E-state index in [2.05, 4.69) is 12.2 Å². The molecule has 0 aromatic carbocycles. The van der Waals surface area contributed by atoms with Gasteiger partial charge in [0.15, 0.2) is 12.4 Å². The van der Waals surface area contributed by atoms with Crippen LogP contribution in [0.5, 0.6) is 0 Å². The van der Waals surface area contributed by atoms with Crippen LogP contribution in [0.3, 0.4) is 0 Å². The van der Waals surface area contributed by atoms with E-state index < -0.39 is 52.9 Å². The zero-order valence-electron chi connectivity index (χ0n) is 27.3. The van der Waals surface area contributed by atoms with Gasteiger partial charge in [0.2, 0.25) is 11.7 Å². The number of amides is 1. The van der Waals surface area contributed by atoms with E-state index >= 15 is 0 Å². The van der Waals surface area contributed by atoms with Crippen molar-refractivity contribution in [1.82, 2.24) is 5.32 Å². The lowest BCUT2D eigenvalue weighted by Crippen LogP contribution is -2.58. The molecule has 10 nitrogen and oxygen atoms in total. The molecule has 1 amide bonds. The zero-order chi connectivity index (χ0) is 32.8. The van der Waals surface area contributed by atoms with Gasteiger partial charge in [-0.05, 0) is 107 Å². The molecular formula is C35H51NO9. The molecule has 5 rings (SSSR count). The van der Waals surface area contributed by atoms with Gasteiger partial charge < -0.3 is 25.0 Å². The van der Waals surface area contributed by atoms with E-state index in [1.165, 1.54) is 5.57 Å². The molecule has 1 heterocycles. The number of carbonyl (C=O) groups excluding carboxylic acids is 4. The number of carboxylic acid groups (broad SMARTS) is 1. The third-order valence-electron chi connectivity index (χ3n) is 12.5. The van der Waals surface area contributed by atoms with E-state index in [0.29, 0.717) is 50.5 Å². The molecule has 3 N–H and O–H groups in total. The van der Waals surface area contributed by atoms with Crippen molar-refractivity contribution in [2.75, 3.05) is 13.2 Å². The molecule has 45 heavy (non-hydrogen) atoms. The number of nitrogens with one attached hydrogen (secondary N) is 1. The first-order valence-corrected chi connectivity index (χ1v) is 16.9. The third kappa shape index (κ3) is 6.51. The summed E-state index contributed by atoms with van der Waals surface area (Å²) < 4.78 is 11.0. The van der Waals surface area contributed by atoms with Crippen LogP contribution in [0.1, 0.15) is 111 Å². The Morgan fingerprint density at radius 1 is 1.00 bits per heavy atom. The van der Waals surface area contributed by atoms with Crippen molar-refractivity contribution in [3.05, 3.63) is 11.6 Å². The number of hydrogen-bond acceptors (Lipinski definition) is 8. The molecule has 5 aliphatic rings. The van der Waals surface area contributed by atoms with E-state index in [-0.39, 0.29) is 42.3 Å². The SMILES string of the molecule is CC1(C)CC(C(CC(=O)O)NC(=O)CCC(=O)OCC(=O)C2(O)CCC3C4CCC5=CC(=O)CCC5(C)C4CCC32C)CCO1. The average molecular weight is 630 g/mol. The topological polar surface area (TPSA) is 156 Å². The number of rotatable bonds is 10. The minimum atomic E-state index is -1.58. The van der Waals surface area contributed by atoms with Crippen LogP contribution >= 0.6 is 0 Å². The second-order valence-corrected chi connectivity index (χ2v) is 15.5. The Kier molecular flexibility index (Phi) is 9.41. The van der Waals surface area contributed by atoms with E-state index in [1.807, 2.05) is 26.8 Å². The highest BCUT2D eigenvalue weighted by atomic mass is 16.5. The summed E-state index contributed by atoms with van der Waals surface area (Å²) in [5.74, 6) is -1.51. The van der Waals surface area contributed by atoms with Crippen molar-refractivity contribution >= 4 is 29.4 Å². The summed E-state index contributed by atoms with van der Waals surface area (Å²) in [6, 6.07) is -0.578. The third-order valence-corrected chi connectivity index (χ3v) is 12.5. The van der Waals surface area contributed by atoms with Gasteiger partial charge in [-0.2, -0.15) is 0 Å². The second-order valence-electron chi connectivity index (χ2n) is 15.5. The summed E-state index contributed by atoms with van der Waals surface area (Å²) in [7, 11) is 0. The highest BCUT2D eigenvalue weighted by Crippen LogP contribution is 2.67. The second kappa shape index (κ2) is 12.5. The van der Waals surface area contributed by atoms with Gasteiger partial charge in [-0.25, -0.2) is 0 Å². The van der Waals surface area contributed by atoms with Crippen molar-refractivity contribution in [3.8, 4) is 0 Å². The van der Waals surface area contributed by atoms with E-state index in [0.717, 1.165) is 32.1 Å². The lowest BCUT2D eigenvalue weighted by molar-refractivity contribution is -0.170. The minimum absolute atomic E-state index is 0.000254. The molecule has 0 radical (unpaired) electrons. The summed E-state index contributed by atoms with van der Waals surface area (Å²) in [6.45, 7) is 8.14. The van der Waals surface area contributed by atoms with Crippen LogP contribution < -0.4 is 5.32 Å². The van der Waals surface area contributed by atoms with Crippen molar-refractivity contribution < 1.29 is 43.7 Å². The fraction of sp³-hybridized carbons (Fsp3) is 0.800. The van der Waals surface area contributed by atoms with Gasteiger partial charge in [0, 0.05) is 30.9 Å². The average Bonchev–Trinajstić information content (AvgIpc) is 3.25. The number of ether oxygens (including phenoxy) is 2. The number of carboxylic acids is 1. The molecular weight excluding hydrogens is 578 g/mol. The van der Waals surface area contributed by atoms with Gasteiger partial charge in [0.25, 0.3) is 0 Å². The Bertz CT molecular complexity index is 1260. The van der Waals surface area contributed by atoms with Crippen LogP contribution in [-0.2, 0) is 33.4 Å². The first-order valence-electron chi connectivity index (χ1n) is 16.9. The number of Topliss-reactive ketones (excluding diaryl/α,β-unsaturated/α-hetero) is 1. The monoisotopic (exact) mass is 629 g/mol. The number of allylic oxidation sites excluding steroid dienone is 1. The van der Waals surface area contributed by atoms with Crippen molar-refractivity contribution in [3.63, 3.8) is 0 Å². The number of fused-ring (bicyclic) bond motifs is 5. The molecule has 3 saturated carbocycles. The standard InChI is InChI=1S/C35H51NO9/c1-32(2)19-21(12-16-45-32)27(18-30(40)41)36-29(39)7-8-31(42)44-20-28(38)35(43)15-11-26-24-6-5-22-17-23(37)9-13-33(22,3)25(24)10-14-34(26,35)4/h17,21,24-27,43H,5-16,18-20H2,1-4H3,(H,36,39)(H,40,41). The van der Waals surface area contributed by atoms with Gasteiger partial charge in [-0.15, -0.1) is 0 Å². The fourth-order valence-electron chi connectivity index (χ4n) is 10.0. The van der Waals surface area contributed by atoms with Crippen molar-refractivity contribution in [2.24, 2.45) is 34.5 Å². The molecule has 10 heteroatoms. The summed E-state index contributed by atoms with van der Waals surface area (Å²) in [4.78, 5) is 62.4. The van der Waals surface area contributed by atoms with Crippen LogP contribution in [0, 0.1) is 34.5 Å².